The Bertz CT molecular complexity index is 1880. The van der Waals surface area contributed by atoms with E-state index >= 15 is 0 Å². The van der Waals surface area contributed by atoms with E-state index in [1.165, 1.54) is 31.6 Å². The number of carbonyl (C=O) groups is 2. The number of carbonyl (C=O) groups excluding carboxylic acids is 3. The number of isocyanates is 1. The summed E-state index contributed by atoms with van der Waals surface area (Å²) in [4.78, 5) is 37.7. The minimum absolute atomic E-state index is 0.0209. The van der Waals surface area contributed by atoms with E-state index in [0.717, 1.165) is 91.4 Å². The number of nitrogens with zero attached hydrogens (tertiary/aromatic N) is 2. The van der Waals surface area contributed by atoms with E-state index in [4.69, 9.17) is 95.3 Å². The van der Waals surface area contributed by atoms with E-state index < -0.39 is 30.5 Å². The highest BCUT2D eigenvalue weighted by atomic mass is 16.6. The highest BCUT2D eigenvalue weighted by Gasteiger charge is 2.41. The zero-order valence-electron chi connectivity index (χ0n) is 56.3. The molecule has 0 spiro atoms. The molecule has 5 aliphatic heterocycles. The first-order valence-corrected chi connectivity index (χ1v) is 33.2. The SMILES string of the molecule is CCC1(COCCOCCOCC(COCC2(CC)COC2)OC(=O)NCNC(=O)OC(COCCOCCOCC2(CC)COC2)COCC2(CC)COC2)CCC1.CCC1(COCCOCCOCC(O)COCC2(CC)COC2)COC1.N#COCN=C=O. The quantitative estimate of drug-likeness (QED) is 0.0232. The molecule has 6 rings (SSSR count). The van der Waals surface area contributed by atoms with Crippen molar-refractivity contribution in [3.63, 3.8) is 0 Å². The normalized spacial score (nSPS) is 19.8. The van der Waals surface area contributed by atoms with Gasteiger partial charge >= 0.3 is 12.2 Å². The van der Waals surface area contributed by atoms with Crippen LogP contribution in [-0.4, -0.2) is 280 Å². The van der Waals surface area contributed by atoms with Gasteiger partial charge in [-0.05, 0) is 56.8 Å². The van der Waals surface area contributed by atoms with E-state index in [2.05, 4.69) is 61.9 Å². The molecule has 3 unspecified atom stereocenters. The number of aliphatic hydroxyl groups excluding tert-OH is 1. The number of ether oxygens (including phenoxy) is 20. The van der Waals surface area contributed by atoms with Crippen LogP contribution >= 0.6 is 0 Å². The Balaban J connectivity index is 0.000000448. The molecule has 6 aliphatic rings. The lowest BCUT2D eigenvalue weighted by molar-refractivity contribution is -0.158. The molecule has 0 bridgehead atoms. The van der Waals surface area contributed by atoms with Gasteiger partial charge in [-0.2, -0.15) is 10.3 Å². The van der Waals surface area contributed by atoms with Crippen LogP contribution in [0.25, 0.3) is 0 Å². The van der Waals surface area contributed by atoms with Crippen LogP contribution in [0.2, 0.25) is 0 Å². The molecule has 1 aliphatic carbocycles. The molecule has 28 heteroatoms. The molecule has 5 saturated heterocycles. The second-order valence-electron chi connectivity index (χ2n) is 25.1. The van der Waals surface area contributed by atoms with Crippen LogP contribution in [0.4, 0.5) is 9.59 Å². The average molecular weight is 1320 g/mol. The van der Waals surface area contributed by atoms with Gasteiger partial charge in [-0.1, -0.05) is 48.0 Å². The number of nitriles is 1. The monoisotopic (exact) mass is 1320 g/mol. The van der Waals surface area contributed by atoms with Gasteiger partial charge in [-0.3, -0.25) is 0 Å². The molecule has 3 atom stereocenters. The van der Waals surface area contributed by atoms with Crippen LogP contribution in [0.5, 0.6) is 0 Å². The van der Waals surface area contributed by atoms with Gasteiger partial charge in [0.15, 0.2) is 12.2 Å². The second-order valence-corrected chi connectivity index (χ2v) is 25.1. The Hall–Kier alpha value is -3.51. The third kappa shape index (κ3) is 32.0. The minimum atomic E-state index is -0.746. The molecule has 0 aromatic heterocycles. The standard InChI is InChI=1S/C42H76N2O15.C19H36O7.C3H2N2O2/c1-5-39(10-9-11-39)24-51-18-14-47-12-16-49-20-35(22-53-26-41(7-3)30-56-31-41)58-37(45)43-34-44-38(46)59-36(23-54-27-42(8-4)32-57-33-42)21-50-17-13-48-15-19-52-25-40(6-2)28-55-29-40;1-3-18(13-25-14-18)11-23-8-6-21-5-7-22-9-17(20)10-24-12-19(4-2)15-26-16-19;4-1-7-3-5-2-6/h35-36H,5-34H2,1-4H3,(H,43,45)(H,44,46);17,20H,3-16H2,1-2H3;3H2. The number of nitrogens with one attached hydrogen (secondary N) is 2. The lowest BCUT2D eigenvalue weighted by Gasteiger charge is -2.40. The maximum Gasteiger partial charge on any atom is 0.408 e. The van der Waals surface area contributed by atoms with Crippen LogP contribution < -0.4 is 10.6 Å². The van der Waals surface area contributed by atoms with E-state index in [0.29, 0.717) is 144 Å². The average Bonchev–Trinajstić information content (AvgIpc) is 1.10. The summed E-state index contributed by atoms with van der Waals surface area (Å²) in [5.74, 6) is 0. The topological polar surface area (TPSA) is 316 Å². The number of hydrogen-bond donors (Lipinski definition) is 3. The molecule has 0 aromatic carbocycles. The Kier molecular flexibility index (Phi) is 41.7. The zero-order valence-corrected chi connectivity index (χ0v) is 56.3. The lowest BCUT2D eigenvalue weighted by atomic mass is 9.68. The molecule has 2 amide bonds. The van der Waals surface area contributed by atoms with Gasteiger partial charge in [0.25, 0.3) is 6.26 Å². The van der Waals surface area contributed by atoms with E-state index in [1.54, 1.807) is 0 Å². The Morgan fingerprint density at radius 3 is 1.01 bits per heavy atom. The largest absolute Gasteiger partial charge is 0.441 e. The Labute approximate surface area is 546 Å². The van der Waals surface area contributed by atoms with Crippen LogP contribution in [0.3, 0.4) is 0 Å². The summed E-state index contributed by atoms with van der Waals surface area (Å²) in [7, 11) is 0. The third-order valence-electron chi connectivity index (χ3n) is 17.8. The highest BCUT2D eigenvalue weighted by molar-refractivity contribution is 5.70. The minimum Gasteiger partial charge on any atom is -0.441 e. The van der Waals surface area contributed by atoms with Crippen LogP contribution in [0.1, 0.15) is 99.3 Å². The van der Waals surface area contributed by atoms with Crippen molar-refractivity contribution >= 4 is 18.3 Å². The summed E-state index contributed by atoms with van der Waals surface area (Å²) in [6.07, 6.45) is 8.97. The fourth-order valence-electron chi connectivity index (χ4n) is 9.87. The summed E-state index contributed by atoms with van der Waals surface area (Å²) >= 11 is 0. The summed E-state index contributed by atoms with van der Waals surface area (Å²) < 4.78 is 110. The van der Waals surface area contributed by atoms with E-state index in [1.807, 2.05) is 0 Å². The van der Waals surface area contributed by atoms with Gasteiger partial charge in [0.2, 0.25) is 12.8 Å². The van der Waals surface area contributed by atoms with Crippen molar-refractivity contribution in [3.8, 4) is 6.26 Å². The second kappa shape index (κ2) is 47.4. The van der Waals surface area contributed by atoms with Gasteiger partial charge in [-0.15, -0.1) is 0 Å². The lowest BCUT2D eigenvalue weighted by Crippen LogP contribution is -2.47. The Morgan fingerprint density at radius 1 is 0.435 bits per heavy atom. The number of aliphatic hydroxyl groups is 1. The molecule has 5 heterocycles. The van der Waals surface area contributed by atoms with Gasteiger partial charge in [0, 0.05) is 27.1 Å². The van der Waals surface area contributed by atoms with Crippen molar-refractivity contribution in [3.05, 3.63) is 0 Å². The van der Waals surface area contributed by atoms with Crippen LogP contribution in [-0.2, 0) is 99.5 Å². The smallest absolute Gasteiger partial charge is 0.408 e. The molecule has 3 N–H and O–H groups in total. The van der Waals surface area contributed by atoms with Crippen molar-refractivity contribution in [2.24, 2.45) is 37.5 Å². The highest BCUT2D eigenvalue weighted by Crippen LogP contribution is 2.44. The van der Waals surface area contributed by atoms with E-state index in [-0.39, 0.29) is 73.5 Å². The zero-order chi connectivity index (χ0) is 66.4. The molecule has 1 saturated carbocycles. The van der Waals surface area contributed by atoms with Crippen molar-refractivity contribution in [2.45, 2.75) is 118 Å². The summed E-state index contributed by atoms with van der Waals surface area (Å²) in [6.45, 7) is 29.9. The first-order valence-electron chi connectivity index (χ1n) is 33.2. The third-order valence-corrected chi connectivity index (χ3v) is 17.8. The van der Waals surface area contributed by atoms with Gasteiger partial charge in [0.1, 0.15) is 6.10 Å². The summed E-state index contributed by atoms with van der Waals surface area (Å²) in [6, 6.07) is 0. The molecule has 534 valence electrons. The molecule has 28 nitrogen and oxygen atoms in total. The number of aliphatic imine (C=N–C) groups is 1. The maximum atomic E-state index is 12.8. The molecule has 92 heavy (non-hydrogen) atoms. The van der Waals surface area contributed by atoms with E-state index in [9.17, 15) is 19.5 Å². The van der Waals surface area contributed by atoms with Gasteiger partial charge in [0.05, 0.1) is 231 Å². The number of rotatable bonds is 54. The fraction of sp³-hybridized carbons (Fsp3) is 0.938. The molecular weight excluding hydrogens is 1210 g/mol. The van der Waals surface area contributed by atoms with Crippen molar-refractivity contribution in [2.75, 3.05) is 238 Å². The number of hydrogen-bond acceptors (Lipinski definition) is 26. The van der Waals surface area contributed by atoms with Gasteiger partial charge < -0.3 is 110 Å². The van der Waals surface area contributed by atoms with Crippen LogP contribution in [0.15, 0.2) is 4.99 Å². The molecule has 0 radical (unpaired) electrons. The van der Waals surface area contributed by atoms with Crippen molar-refractivity contribution in [1.82, 2.24) is 10.6 Å². The maximum absolute atomic E-state index is 12.8. The van der Waals surface area contributed by atoms with Gasteiger partial charge in [-0.25, -0.2) is 14.4 Å². The number of alkyl carbamates (subject to hydrolysis) is 2. The summed E-state index contributed by atoms with van der Waals surface area (Å²) in [5.41, 5.74) is 0.840. The first kappa shape index (κ1) is 80.9. The van der Waals surface area contributed by atoms with Crippen molar-refractivity contribution in [1.29, 1.82) is 5.26 Å². The van der Waals surface area contributed by atoms with Crippen molar-refractivity contribution < 1.29 is 114 Å². The Morgan fingerprint density at radius 2 is 0.717 bits per heavy atom. The predicted octanol–water partition coefficient (Wildman–Crippen LogP) is 5.17. The fourth-order valence-corrected chi connectivity index (χ4v) is 9.87. The van der Waals surface area contributed by atoms with Crippen LogP contribution in [0, 0.1) is 44.0 Å². The number of amides is 2. The first-order chi connectivity index (χ1) is 44.8. The molecule has 0 aromatic rings. The molecular formula is C64H114N4O24. The summed E-state index contributed by atoms with van der Waals surface area (Å²) in [5, 5.41) is 22.6. The molecule has 6 fully saturated rings. The predicted molar refractivity (Wildman–Crippen MR) is 331 cm³/mol.